The van der Waals surface area contributed by atoms with Crippen LogP contribution in [0.3, 0.4) is 0 Å². The van der Waals surface area contributed by atoms with E-state index in [1.807, 2.05) is 48.5 Å². The molecule has 0 aliphatic rings. The summed E-state index contributed by atoms with van der Waals surface area (Å²) in [5.74, 6) is 2.37. The van der Waals surface area contributed by atoms with E-state index in [4.69, 9.17) is 20.9 Å². The minimum absolute atomic E-state index is 0.00487. The van der Waals surface area contributed by atoms with Crippen molar-refractivity contribution in [2.24, 2.45) is 0 Å². The van der Waals surface area contributed by atoms with Gasteiger partial charge in [-0.15, -0.1) is 0 Å². The van der Waals surface area contributed by atoms with Crippen LogP contribution in [0.4, 0.5) is 11.4 Å². The minimum atomic E-state index is -0.00487. The maximum Gasteiger partial charge on any atom is 0.142 e. The molecule has 6 N–H and O–H groups in total. The van der Waals surface area contributed by atoms with Crippen LogP contribution in [0.15, 0.2) is 84.9 Å². The van der Waals surface area contributed by atoms with Crippen molar-refractivity contribution in [2.75, 3.05) is 11.5 Å². The summed E-state index contributed by atoms with van der Waals surface area (Å²) in [6, 6.07) is 25.1. The highest BCUT2D eigenvalue weighted by atomic mass is 16.5. The largest absolute Gasteiger partial charge is 0.506 e. The van der Waals surface area contributed by atoms with E-state index in [1.165, 1.54) is 12.1 Å². The summed E-state index contributed by atoms with van der Waals surface area (Å²) >= 11 is 0. The van der Waals surface area contributed by atoms with Crippen LogP contribution in [0.5, 0.6) is 34.5 Å². The molecule has 0 aromatic heterocycles. The third-order valence-electron chi connectivity index (χ3n) is 4.73. The summed E-state index contributed by atoms with van der Waals surface area (Å²) in [5, 5.41) is 19.4. The summed E-state index contributed by atoms with van der Waals surface area (Å²) in [7, 11) is 0. The number of nitrogen functional groups attached to an aromatic ring is 2. The molecule has 6 nitrogen and oxygen atoms in total. The fourth-order valence-electron chi connectivity index (χ4n) is 3.03. The SMILES string of the molecule is Nc1ccc(Oc2ccc(Cc3ccc(Oc4ccc(N)c(O)c4)cc3)cc2)cc1O. The molecular weight excluding hydrogens is 392 g/mol. The zero-order chi connectivity index (χ0) is 21.8. The average molecular weight is 414 g/mol. The first-order chi connectivity index (χ1) is 15.0. The highest BCUT2D eigenvalue weighted by Gasteiger charge is 2.05. The molecule has 0 atom stereocenters. The Morgan fingerprint density at radius 2 is 0.871 bits per heavy atom. The van der Waals surface area contributed by atoms with Crippen molar-refractivity contribution in [1.29, 1.82) is 0 Å². The lowest BCUT2D eigenvalue weighted by atomic mass is 10.0. The number of phenolic OH excluding ortho intramolecular Hbond substituents is 2. The van der Waals surface area contributed by atoms with Gasteiger partial charge in [0.25, 0.3) is 0 Å². The summed E-state index contributed by atoms with van der Waals surface area (Å²) in [6.07, 6.45) is 0.756. The molecule has 0 heterocycles. The molecule has 4 aromatic rings. The van der Waals surface area contributed by atoms with Gasteiger partial charge in [-0.1, -0.05) is 24.3 Å². The molecule has 0 spiro atoms. The van der Waals surface area contributed by atoms with Crippen molar-refractivity contribution in [3.8, 4) is 34.5 Å². The van der Waals surface area contributed by atoms with Crippen LogP contribution >= 0.6 is 0 Å². The predicted octanol–water partition coefficient (Wildman–Crippen LogP) is 5.44. The van der Waals surface area contributed by atoms with Gasteiger partial charge < -0.3 is 31.2 Å². The van der Waals surface area contributed by atoms with Gasteiger partial charge in [0.2, 0.25) is 0 Å². The van der Waals surface area contributed by atoms with E-state index in [1.54, 1.807) is 24.3 Å². The Morgan fingerprint density at radius 3 is 1.23 bits per heavy atom. The van der Waals surface area contributed by atoms with Crippen LogP contribution < -0.4 is 20.9 Å². The standard InChI is InChI=1S/C25H22N2O4/c26-22-11-9-20(14-24(22)28)30-18-5-1-16(2-6-18)13-17-3-7-19(8-4-17)31-21-10-12-23(27)25(29)15-21/h1-12,14-15,28-29H,13,26-27H2. The van der Waals surface area contributed by atoms with Gasteiger partial charge in [0.15, 0.2) is 0 Å². The topological polar surface area (TPSA) is 111 Å². The Kier molecular flexibility index (Phi) is 5.53. The van der Waals surface area contributed by atoms with Gasteiger partial charge in [0.1, 0.15) is 34.5 Å². The Labute approximate surface area is 179 Å². The number of anilines is 2. The van der Waals surface area contributed by atoms with Crippen LogP contribution in [-0.2, 0) is 6.42 Å². The van der Waals surface area contributed by atoms with Gasteiger partial charge in [-0.3, -0.25) is 0 Å². The maximum absolute atomic E-state index is 9.68. The van der Waals surface area contributed by atoms with Crippen molar-refractivity contribution in [3.05, 3.63) is 96.1 Å². The highest BCUT2D eigenvalue weighted by molar-refractivity contribution is 5.56. The number of nitrogens with two attached hydrogens (primary N) is 2. The summed E-state index contributed by atoms with van der Waals surface area (Å²) in [5.41, 5.74) is 14.1. The van der Waals surface area contributed by atoms with Crippen LogP contribution in [-0.4, -0.2) is 10.2 Å². The molecule has 6 heteroatoms. The Hall–Kier alpha value is -4.32. The fraction of sp³-hybridized carbons (Fsp3) is 0.0400. The van der Waals surface area contributed by atoms with Gasteiger partial charge in [-0.25, -0.2) is 0 Å². The van der Waals surface area contributed by atoms with Crippen LogP contribution in [0.1, 0.15) is 11.1 Å². The van der Waals surface area contributed by atoms with E-state index >= 15 is 0 Å². The minimum Gasteiger partial charge on any atom is -0.506 e. The van der Waals surface area contributed by atoms with Gasteiger partial charge >= 0.3 is 0 Å². The van der Waals surface area contributed by atoms with E-state index in [9.17, 15) is 10.2 Å². The number of rotatable bonds is 6. The van der Waals surface area contributed by atoms with Crippen LogP contribution in [0.2, 0.25) is 0 Å². The molecular formula is C25H22N2O4. The van der Waals surface area contributed by atoms with Gasteiger partial charge in [-0.05, 0) is 66.1 Å². The molecule has 0 saturated carbocycles. The lowest BCUT2D eigenvalue weighted by molar-refractivity contribution is 0.456. The molecule has 4 rings (SSSR count). The van der Waals surface area contributed by atoms with E-state index in [2.05, 4.69) is 0 Å². The Balaban J connectivity index is 1.37. The van der Waals surface area contributed by atoms with Gasteiger partial charge in [-0.2, -0.15) is 0 Å². The van der Waals surface area contributed by atoms with Gasteiger partial charge in [0.05, 0.1) is 11.4 Å². The first kappa shape index (κ1) is 20.0. The molecule has 0 unspecified atom stereocenters. The molecule has 0 aliphatic heterocycles. The molecule has 156 valence electrons. The van der Waals surface area contributed by atoms with E-state index in [0.29, 0.717) is 34.4 Å². The number of phenols is 2. The summed E-state index contributed by atoms with van der Waals surface area (Å²) in [6.45, 7) is 0. The zero-order valence-corrected chi connectivity index (χ0v) is 16.7. The molecule has 0 fully saturated rings. The number of hydrogen-bond donors (Lipinski definition) is 4. The second-order valence-corrected chi connectivity index (χ2v) is 7.11. The second kappa shape index (κ2) is 8.59. The van der Waals surface area contributed by atoms with Crippen molar-refractivity contribution in [3.63, 3.8) is 0 Å². The normalized spacial score (nSPS) is 10.6. The first-order valence-electron chi connectivity index (χ1n) is 9.67. The smallest absolute Gasteiger partial charge is 0.142 e. The first-order valence-corrected chi connectivity index (χ1v) is 9.67. The van der Waals surface area contributed by atoms with Crippen molar-refractivity contribution in [1.82, 2.24) is 0 Å². The number of ether oxygens (including phenoxy) is 2. The quantitative estimate of drug-likeness (QED) is 0.247. The second-order valence-electron chi connectivity index (χ2n) is 7.11. The average Bonchev–Trinajstić information content (AvgIpc) is 2.76. The molecule has 0 radical (unpaired) electrons. The molecule has 31 heavy (non-hydrogen) atoms. The monoisotopic (exact) mass is 414 g/mol. The third kappa shape index (κ3) is 5.00. The molecule has 0 saturated heterocycles. The lowest BCUT2D eigenvalue weighted by Crippen LogP contribution is -1.91. The van der Waals surface area contributed by atoms with Crippen molar-refractivity contribution < 1.29 is 19.7 Å². The predicted molar refractivity (Wildman–Crippen MR) is 121 cm³/mol. The molecule has 0 bridgehead atoms. The number of hydrogen-bond acceptors (Lipinski definition) is 6. The van der Waals surface area contributed by atoms with Gasteiger partial charge in [0, 0.05) is 12.1 Å². The van der Waals surface area contributed by atoms with E-state index < -0.39 is 0 Å². The zero-order valence-electron chi connectivity index (χ0n) is 16.7. The summed E-state index contributed by atoms with van der Waals surface area (Å²) < 4.78 is 11.5. The van der Waals surface area contributed by atoms with Crippen LogP contribution in [0, 0.1) is 0 Å². The fourth-order valence-corrected chi connectivity index (χ4v) is 3.03. The van der Waals surface area contributed by atoms with Crippen molar-refractivity contribution >= 4 is 11.4 Å². The Bertz CT molecular complexity index is 1090. The van der Waals surface area contributed by atoms with E-state index in [0.717, 1.165) is 17.5 Å². The highest BCUT2D eigenvalue weighted by Crippen LogP contribution is 2.30. The maximum atomic E-state index is 9.68. The van der Waals surface area contributed by atoms with Crippen LogP contribution in [0.25, 0.3) is 0 Å². The molecule has 0 amide bonds. The molecule has 0 aliphatic carbocycles. The third-order valence-corrected chi connectivity index (χ3v) is 4.73. The van der Waals surface area contributed by atoms with E-state index in [-0.39, 0.29) is 11.5 Å². The molecule has 4 aromatic carbocycles. The number of aromatic hydroxyl groups is 2. The Morgan fingerprint density at radius 1 is 0.516 bits per heavy atom. The van der Waals surface area contributed by atoms with Crippen molar-refractivity contribution in [2.45, 2.75) is 6.42 Å². The number of benzene rings is 4. The summed E-state index contributed by atoms with van der Waals surface area (Å²) in [4.78, 5) is 0. The lowest BCUT2D eigenvalue weighted by Gasteiger charge is -2.09.